The van der Waals surface area contributed by atoms with Gasteiger partial charge in [0.1, 0.15) is 9.63 Å². The van der Waals surface area contributed by atoms with E-state index in [0.717, 1.165) is 5.69 Å². The third-order valence-electron chi connectivity index (χ3n) is 2.65. The molecule has 0 saturated heterocycles. The fourth-order valence-corrected chi connectivity index (χ4v) is 2.50. The van der Waals surface area contributed by atoms with E-state index in [1.165, 1.54) is 7.11 Å². The molecule has 1 aromatic rings. The summed E-state index contributed by atoms with van der Waals surface area (Å²) in [7, 11) is 3.21. The van der Waals surface area contributed by atoms with Crippen molar-refractivity contribution in [2.45, 2.75) is 13.0 Å². The predicted octanol–water partition coefficient (Wildman–Crippen LogP) is 3.53. The number of hydrogen-bond donors (Lipinski definition) is 0. The van der Waals surface area contributed by atoms with Crippen LogP contribution in [0.15, 0.2) is 23.3 Å². The van der Waals surface area contributed by atoms with E-state index in [9.17, 15) is 0 Å². The molecule has 0 N–H and O–H groups in total. The third kappa shape index (κ3) is 4.09. The van der Waals surface area contributed by atoms with Gasteiger partial charge in [-0.3, -0.25) is 0 Å². The topological polar surface area (TPSA) is 34.6 Å². The molecule has 6 heteroatoms. The Kier molecular flexibility index (Phi) is 6.62. The van der Waals surface area contributed by atoms with E-state index in [-0.39, 0.29) is 6.04 Å². The van der Waals surface area contributed by atoms with Crippen molar-refractivity contribution < 1.29 is 9.47 Å². The van der Waals surface area contributed by atoms with Gasteiger partial charge >= 0.3 is 0 Å². The van der Waals surface area contributed by atoms with Crippen molar-refractivity contribution in [1.82, 2.24) is 4.98 Å². The van der Waals surface area contributed by atoms with Gasteiger partial charge in [-0.2, -0.15) is 0 Å². The molecule has 4 nitrogen and oxygen atoms in total. The van der Waals surface area contributed by atoms with Crippen molar-refractivity contribution in [2.24, 2.45) is 0 Å². The zero-order valence-corrected chi connectivity index (χ0v) is 13.7. The predicted molar refractivity (Wildman–Crippen MR) is 82.4 cm³/mol. The third-order valence-corrected chi connectivity index (χ3v) is 3.50. The molecule has 0 saturated carbocycles. The average molecular weight is 350 g/mol. The van der Waals surface area contributed by atoms with Gasteiger partial charge in [0.05, 0.1) is 19.4 Å². The molecule has 0 aliphatic heterocycles. The van der Waals surface area contributed by atoms with Crippen molar-refractivity contribution in [3.8, 4) is 5.88 Å². The van der Waals surface area contributed by atoms with Crippen LogP contribution >= 0.6 is 27.5 Å². The monoisotopic (exact) mass is 348 g/mol. The summed E-state index contributed by atoms with van der Waals surface area (Å²) in [4.78, 5) is 6.39. The van der Waals surface area contributed by atoms with Gasteiger partial charge in [0.15, 0.2) is 0 Å². The first kappa shape index (κ1) is 16.3. The van der Waals surface area contributed by atoms with Crippen LogP contribution in [0, 0.1) is 0 Å². The molecule has 0 aromatic carbocycles. The molecule has 0 radical (unpaired) electrons. The first-order valence-corrected chi connectivity index (χ1v) is 6.98. The van der Waals surface area contributed by atoms with Gasteiger partial charge < -0.3 is 14.4 Å². The van der Waals surface area contributed by atoms with Gasteiger partial charge in [-0.25, -0.2) is 4.98 Å². The second-order valence-corrected chi connectivity index (χ2v) is 5.19. The van der Waals surface area contributed by atoms with Crippen LogP contribution in [0.25, 0.3) is 0 Å². The summed E-state index contributed by atoms with van der Waals surface area (Å²) in [5.41, 5.74) is 0.884. The Balaban J connectivity index is 3.15. The van der Waals surface area contributed by atoms with E-state index in [2.05, 4.69) is 39.3 Å². The summed E-state index contributed by atoms with van der Waals surface area (Å²) in [6, 6.07) is 2.00. The Hall–Kier alpha value is -0.780. The zero-order chi connectivity index (χ0) is 14.4. The van der Waals surface area contributed by atoms with Gasteiger partial charge in [0.25, 0.3) is 0 Å². The molecule has 1 unspecified atom stereocenters. The van der Waals surface area contributed by atoms with Crippen LogP contribution in [-0.4, -0.2) is 38.4 Å². The van der Waals surface area contributed by atoms with Crippen molar-refractivity contribution in [1.29, 1.82) is 0 Å². The fraction of sp³-hybridized carbons (Fsp3) is 0.462. The first-order valence-electron chi connectivity index (χ1n) is 5.81. The van der Waals surface area contributed by atoms with Crippen LogP contribution in [0.2, 0.25) is 5.02 Å². The molecular weight excluding hydrogens is 332 g/mol. The number of ether oxygens (including phenoxy) is 2. The van der Waals surface area contributed by atoms with E-state index < -0.39 is 0 Å². The number of methoxy groups -OCH3 is 2. The number of halogens is 2. The highest BCUT2D eigenvalue weighted by Crippen LogP contribution is 2.34. The summed E-state index contributed by atoms with van der Waals surface area (Å²) < 4.78 is 11.0. The maximum atomic E-state index is 6.14. The molecule has 1 aromatic heterocycles. The molecule has 0 aliphatic carbocycles. The lowest BCUT2D eigenvalue weighted by molar-refractivity contribution is 0.182. The quantitative estimate of drug-likeness (QED) is 0.557. The van der Waals surface area contributed by atoms with Gasteiger partial charge in [-0.15, -0.1) is 6.58 Å². The SMILES string of the molecule is C=CCN(c1cc(Cl)c(OC)nc1Br)C(C)COC. The second kappa shape index (κ2) is 7.72. The standard InChI is InChI=1S/C13H18BrClN2O2/c1-5-6-17(9(2)8-18-3)11-7-10(15)13(19-4)16-12(11)14/h5,7,9H,1,6,8H2,2-4H3. The highest BCUT2D eigenvalue weighted by Gasteiger charge is 2.19. The van der Waals surface area contributed by atoms with Crippen molar-refractivity contribution in [2.75, 3.05) is 32.3 Å². The minimum absolute atomic E-state index is 0.172. The first-order chi connectivity index (χ1) is 9.04. The molecule has 0 aliphatic rings. The van der Waals surface area contributed by atoms with Gasteiger partial charge in [0.2, 0.25) is 5.88 Å². The van der Waals surface area contributed by atoms with Crippen molar-refractivity contribution in [3.05, 3.63) is 28.3 Å². The molecule has 106 valence electrons. The molecule has 19 heavy (non-hydrogen) atoms. The summed E-state index contributed by atoms with van der Waals surface area (Å²) >= 11 is 9.58. The molecule has 1 heterocycles. The van der Waals surface area contributed by atoms with Gasteiger partial charge in [0, 0.05) is 19.7 Å². The number of anilines is 1. The van der Waals surface area contributed by atoms with E-state index in [0.29, 0.717) is 28.7 Å². The van der Waals surface area contributed by atoms with E-state index in [4.69, 9.17) is 21.1 Å². The molecule has 0 bridgehead atoms. The van der Waals surface area contributed by atoms with E-state index in [1.807, 2.05) is 12.1 Å². The van der Waals surface area contributed by atoms with Crippen LogP contribution in [0.4, 0.5) is 5.69 Å². The molecular formula is C13H18BrClN2O2. The number of nitrogens with zero attached hydrogens (tertiary/aromatic N) is 2. The molecule has 0 amide bonds. The normalized spacial score (nSPS) is 12.1. The van der Waals surface area contributed by atoms with Crippen LogP contribution in [0.5, 0.6) is 5.88 Å². The number of aromatic nitrogens is 1. The van der Waals surface area contributed by atoms with E-state index >= 15 is 0 Å². The Morgan fingerprint density at radius 1 is 1.58 bits per heavy atom. The largest absolute Gasteiger partial charge is 0.480 e. The van der Waals surface area contributed by atoms with Gasteiger partial charge in [-0.1, -0.05) is 17.7 Å². The molecule has 0 fully saturated rings. The minimum Gasteiger partial charge on any atom is -0.480 e. The molecule has 0 spiro atoms. The van der Waals surface area contributed by atoms with Crippen LogP contribution in [-0.2, 0) is 4.74 Å². The highest BCUT2D eigenvalue weighted by atomic mass is 79.9. The maximum absolute atomic E-state index is 6.14. The molecule has 1 rings (SSSR count). The summed E-state index contributed by atoms with van der Waals surface area (Å²) in [5, 5.41) is 0.472. The highest BCUT2D eigenvalue weighted by molar-refractivity contribution is 9.10. The fourth-order valence-electron chi connectivity index (χ4n) is 1.77. The van der Waals surface area contributed by atoms with Crippen LogP contribution < -0.4 is 9.64 Å². The number of hydrogen-bond acceptors (Lipinski definition) is 4. The Morgan fingerprint density at radius 2 is 2.26 bits per heavy atom. The number of pyridine rings is 1. The summed E-state index contributed by atoms with van der Waals surface area (Å²) in [6.45, 7) is 7.12. The Labute approximate surface area is 127 Å². The number of rotatable bonds is 7. The Bertz CT molecular complexity index is 443. The van der Waals surface area contributed by atoms with Crippen LogP contribution in [0.1, 0.15) is 6.92 Å². The lowest BCUT2D eigenvalue weighted by Crippen LogP contribution is -2.36. The molecule has 1 atom stereocenters. The van der Waals surface area contributed by atoms with Crippen molar-refractivity contribution >= 4 is 33.2 Å². The lowest BCUT2D eigenvalue weighted by atomic mass is 10.2. The van der Waals surface area contributed by atoms with Gasteiger partial charge in [-0.05, 0) is 28.9 Å². The Morgan fingerprint density at radius 3 is 2.79 bits per heavy atom. The summed E-state index contributed by atoms with van der Waals surface area (Å²) in [6.07, 6.45) is 1.83. The summed E-state index contributed by atoms with van der Waals surface area (Å²) in [5.74, 6) is 0.398. The zero-order valence-electron chi connectivity index (χ0n) is 11.3. The van der Waals surface area contributed by atoms with Crippen molar-refractivity contribution in [3.63, 3.8) is 0 Å². The smallest absolute Gasteiger partial charge is 0.233 e. The maximum Gasteiger partial charge on any atom is 0.233 e. The van der Waals surface area contributed by atoms with Crippen LogP contribution in [0.3, 0.4) is 0 Å². The van der Waals surface area contributed by atoms with E-state index in [1.54, 1.807) is 7.11 Å². The average Bonchev–Trinajstić information content (AvgIpc) is 2.38. The minimum atomic E-state index is 0.172. The second-order valence-electron chi connectivity index (χ2n) is 4.03. The lowest BCUT2D eigenvalue weighted by Gasteiger charge is -2.30.